The van der Waals surface area contributed by atoms with Crippen molar-refractivity contribution in [2.45, 2.75) is 12.1 Å². The van der Waals surface area contributed by atoms with Gasteiger partial charge < -0.3 is 5.11 Å². The molecular weight excluding hydrogens is 254 g/mol. The molecule has 0 radical (unpaired) electrons. The minimum Gasteiger partial charge on any atom is -0.481 e. The molecule has 0 aliphatic heterocycles. The maximum atomic E-state index is 10.5. The fourth-order valence-electron chi connectivity index (χ4n) is 1.24. The third-order valence-electron chi connectivity index (χ3n) is 2.06. The number of thioether (sulfide) groups is 1. The molecule has 0 bridgehead atoms. The zero-order valence-corrected chi connectivity index (χ0v) is 10.7. The van der Waals surface area contributed by atoms with Crippen LogP contribution in [0, 0.1) is 6.92 Å². The summed E-state index contributed by atoms with van der Waals surface area (Å²) >= 11 is 1.12. The van der Waals surface area contributed by atoms with Crippen molar-refractivity contribution in [3.63, 3.8) is 0 Å². The largest absolute Gasteiger partial charge is 0.481 e. The molecule has 18 heavy (non-hydrogen) atoms. The monoisotopic (exact) mass is 265 g/mol. The van der Waals surface area contributed by atoms with Gasteiger partial charge in [0, 0.05) is 13.2 Å². The number of aromatic nitrogens is 5. The second-order valence-electron chi connectivity index (χ2n) is 3.57. The SMILES string of the molecule is Cc1cnc(-c2nc(SCC(=O)O)n(C)n2)cn1. The standard InChI is InChI=1S/C10H11N5O2S/c1-6-3-12-7(4-11-6)9-13-10(15(2)14-9)18-5-8(16)17/h3-4H,5H2,1-2H3,(H,16,17). The van der Waals surface area contributed by atoms with E-state index in [0.29, 0.717) is 16.7 Å². The summed E-state index contributed by atoms with van der Waals surface area (Å²) in [6.45, 7) is 1.84. The van der Waals surface area contributed by atoms with Crippen LogP contribution < -0.4 is 0 Å². The number of nitrogens with zero attached hydrogens (tertiary/aromatic N) is 5. The summed E-state index contributed by atoms with van der Waals surface area (Å²) in [5.74, 6) is -0.497. The lowest BCUT2D eigenvalue weighted by molar-refractivity contribution is -0.133. The lowest BCUT2D eigenvalue weighted by atomic mass is 10.4. The van der Waals surface area contributed by atoms with E-state index in [1.807, 2.05) is 6.92 Å². The van der Waals surface area contributed by atoms with Crippen LogP contribution in [-0.4, -0.2) is 41.6 Å². The molecule has 0 fully saturated rings. The minimum atomic E-state index is -0.889. The van der Waals surface area contributed by atoms with E-state index in [1.54, 1.807) is 19.4 Å². The van der Waals surface area contributed by atoms with Crippen LogP contribution in [0.1, 0.15) is 5.69 Å². The normalized spacial score (nSPS) is 10.6. The highest BCUT2D eigenvalue weighted by Gasteiger charge is 2.12. The van der Waals surface area contributed by atoms with Crippen LogP contribution in [-0.2, 0) is 11.8 Å². The fourth-order valence-corrected chi connectivity index (χ4v) is 1.87. The molecule has 0 saturated heterocycles. The van der Waals surface area contributed by atoms with E-state index >= 15 is 0 Å². The molecule has 0 spiro atoms. The van der Waals surface area contributed by atoms with Gasteiger partial charge in [0.25, 0.3) is 0 Å². The first-order valence-corrected chi connectivity index (χ1v) is 6.09. The molecular formula is C10H11N5O2S. The van der Waals surface area contributed by atoms with Gasteiger partial charge in [-0.2, -0.15) is 4.98 Å². The maximum absolute atomic E-state index is 10.5. The number of aryl methyl sites for hydroxylation is 2. The third kappa shape index (κ3) is 2.83. The van der Waals surface area contributed by atoms with Gasteiger partial charge in [-0.25, -0.2) is 9.67 Å². The first-order chi connectivity index (χ1) is 8.56. The number of rotatable bonds is 4. The quantitative estimate of drug-likeness (QED) is 0.815. The molecule has 94 valence electrons. The van der Waals surface area contributed by atoms with Gasteiger partial charge in [-0.05, 0) is 6.92 Å². The van der Waals surface area contributed by atoms with E-state index in [2.05, 4.69) is 20.1 Å². The Bertz CT molecular complexity index is 566. The van der Waals surface area contributed by atoms with Gasteiger partial charge in [0.15, 0.2) is 5.16 Å². The van der Waals surface area contributed by atoms with Gasteiger partial charge in [-0.15, -0.1) is 5.10 Å². The van der Waals surface area contributed by atoms with Crippen LogP contribution in [0.3, 0.4) is 0 Å². The van der Waals surface area contributed by atoms with Crippen molar-refractivity contribution < 1.29 is 9.90 Å². The smallest absolute Gasteiger partial charge is 0.313 e. The Morgan fingerprint density at radius 3 is 2.83 bits per heavy atom. The summed E-state index contributed by atoms with van der Waals surface area (Å²) < 4.78 is 1.53. The second-order valence-corrected chi connectivity index (χ2v) is 4.51. The van der Waals surface area contributed by atoms with E-state index < -0.39 is 5.97 Å². The van der Waals surface area contributed by atoms with Crippen LogP contribution in [0.5, 0.6) is 0 Å². The highest BCUT2D eigenvalue weighted by atomic mass is 32.2. The summed E-state index contributed by atoms with van der Waals surface area (Å²) in [4.78, 5) is 23.0. The number of aliphatic carboxylic acids is 1. The van der Waals surface area contributed by atoms with Crippen LogP contribution in [0.2, 0.25) is 0 Å². The van der Waals surface area contributed by atoms with E-state index in [4.69, 9.17) is 5.11 Å². The Morgan fingerprint density at radius 1 is 1.44 bits per heavy atom. The molecule has 0 saturated carbocycles. The van der Waals surface area contributed by atoms with Crippen LogP contribution in [0.25, 0.3) is 11.5 Å². The van der Waals surface area contributed by atoms with Crippen molar-refractivity contribution in [2.75, 3.05) is 5.75 Å². The average Bonchev–Trinajstić information content (AvgIpc) is 2.69. The number of carbonyl (C=O) groups is 1. The lowest BCUT2D eigenvalue weighted by Gasteiger charge is -1.94. The van der Waals surface area contributed by atoms with E-state index in [1.165, 1.54) is 4.68 Å². The molecule has 2 aromatic rings. The average molecular weight is 265 g/mol. The summed E-state index contributed by atoms with van der Waals surface area (Å²) in [6, 6.07) is 0. The molecule has 0 unspecified atom stereocenters. The molecule has 2 aromatic heterocycles. The predicted octanol–water partition coefficient (Wildman–Crippen LogP) is 0.757. The van der Waals surface area contributed by atoms with Crippen molar-refractivity contribution in [1.82, 2.24) is 24.7 Å². The summed E-state index contributed by atoms with van der Waals surface area (Å²) in [5.41, 5.74) is 1.38. The van der Waals surface area contributed by atoms with Crippen molar-refractivity contribution >= 4 is 17.7 Å². The summed E-state index contributed by atoms with van der Waals surface area (Å²) in [7, 11) is 1.71. The van der Waals surface area contributed by atoms with Gasteiger partial charge in [-0.1, -0.05) is 11.8 Å². The Hall–Kier alpha value is -1.96. The molecule has 2 heterocycles. The highest BCUT2D eigenvalue weighted by Crippen LogP contribution is 2.18. The fraction of sp³-hybridized carbons (Fsp3) is 0.300. The second kappa shape index (κ2) is 5.13. The zero-order valence-electron chi connectivity index (χ0n) is 9.86. The van der Waals surface area contributed by atoms with Gasteiger partial charge in [-0.3, -0.25) is 9.78 Å². The summed E-state index contributed by atoms with van der Waals surface area (Å²) in [6.07, 6.45) is 3.23. The van der Waals surface area contributed by atoms with Crippen molar-refractivity contribution in [3.8, 4) is 11.5 Å². The first kappa shape index (κ1) is 12.5. The predicted molar refractivity (Wildman–Crippen MR) is 65.1 cm³/mol. The number of hydrogen-bond donors (Lipinski definition) is 1. The Morgan fingerprint density at radius 2 is 2.22 bits per heavy atom. The Labute approximate surface area is 107 Å². The molecule has 0 aromatic carbocycles. The minimum absolute atomic E-state index is 0.0500. The molecule has 1 N–H and O–H groups in total. The maximum Gasteiger partial charge on any atom is 0.313 e. The van der Waals surface area contributed by atoms with Crippen molar-refractivity contribution in [3.05, 3.63) is 18.1 Å². The molecule has 8 heteroatoms. The van der Waals surface area contributed by atoms with Gasteiger partial charge in [0.1, 0.15) is 5.69 Å². The van der Waals surface area contributed by atoms with Gasteiger partial charge in [0.2, 0.25) is 5.82 Å². The number of hydrogen-bond acceptors (Lipinski definition) is 6. The van der Waals surface area contributed by atoms with E-state index in [9.17, 15) is 4.79 Å². The Kier molecular flexibility index (Phi) is 3.56. The van der Waals surface area contributed by atoms with E-state index in [0.717, 1.165) is 17.5 Å². The van der Waals surface area contributed by atoms with Crippen molar-refractivity contribution in [1.29, 1.82) is 0 Å². The van der Waals surface area contributed by atoms with Gasteiger partial charge >= 0.3 is 5.97 Å². The third-order valence-corrected chi connectivity index (χ3v) is 3.06. The molecule has 0 aliphatic carbocycles. The Balaban J connectivity index is 2.22. The molecule has 0 atom stereocenters. The molecule has 2 rings (SSSR count). The summed E-state index contributed by atoms with van der Waals surface area (Å²) in [5, 5.41) is 13.3. The highest BCUT2D eigenvalue weighted by molar-refractivity contribution is 7.99. The van der Waals surface area contributed by atoms with E-state index in [-0.39, 0.29) is 5.75 Å². The van der Waals surface area contributed by atoms with Gasteiger partial charge in [0.05, 0.1) is 17.6 Å². The van der Waals surface area contributed by atoms with Crippen LogP contribution >= 0.6 is 11.8 Å². The first-order valence-electron chi connectivity index (χ1n) is 5.11. The van der Waals surface area contributed by atoms with Crippen molar-refractivity contribution in [2.24, 2.45) is 7.05 Å². The lowest BCUT2D eigenvalue weighted by Crippen LogP contribution is -2.00. The van der Waals surface area contributed by atoms with Crippen LogP contribution in [0.4, 0.5) is 0 Å². The molecule has 0 aliphatic rings. The number of carboxylic acid groups (broad SMARTS) is 1. The molecule has 0 amide bonds. The zero-order chi connectivity index (χ0) is 13.1. The van der Waals surface area contributed by atoms with Crippen LogP contribution in [0.15, 0.2) is 17.6 Å². The number of carboxylic acids is 1. The molecule has 7 nitrogen and oxygen atoms in total. The topological polar surface area (TPSA) is 93.8 Å².